The van der Waals surface area contributed by atoms with Crippen LogP contribution in [0, 0.1) is 6.92 Å². The van der Waals surface area contributed by atoms with Crippen molar-refractivity contribution in [3.8, 4) is 11.3 Å². The van der Waals surface area contributed by atoms with E-state index in [-0.39, 0.29) is 6.29 Å². The minimum Gasteiger partial charge on any atom is -0.384 e. The van der Waals surface area contributed by atoms with Gasteiger partial charge < -0.3 is 19.8 Å². The zero-order chi connectivity index (χ0) is 19.7. The highest BCUT2D eigenvalue weighted by atomic mass is 16.7. The van der Waals surface area contributed by atoms with Gasteiger partial charge in [-0.3, -0.25) is 4.68 Å². The Kier molecular flexibility index (Phi) is 5.37. The number of rotatable bonds is 6. The summed E-state index contributed by atoms with van der Waals surface area (Å²) in [7, 11) is 0. The average Bonchev–Trinajstić information content (AvgIpc) is 3.22. The highest BCUT2D eigenvalue weighted by Gasteiger charge is 2.18. The van der Waals surface area contributed by atoms with Crippen molar-refractivity contribution >= 4 is 16.7 Å². The maximum atomic E-state index is 5.92. The number of fused-ring (bicyclic) bond motifs is 1. The Morgan fingerprint density at radius 3 is 2.93 bits per heavy atom. The van der Waals surface area contributed by atoms with Crippen molar-refractivity contribution in [2.75, 3.05) is 18.9 Å². The zero-order valence-electron chi connectivity index (χ0n) is 16.9. The zero-order valence-corrected chi connectivity index (χ0v) is 16.9. The van der Waals surface area contributed by atoms with Crippen LogP contribution in [0.25, 0.3) is 22.2 Å². The molecule has 150 valence electrons. The highest BCUT2D eigenvalue weighted by Crippen LogP contribution is 2.33. The van der Waals surface area contributed by atoms with Crippen molar-refractivity contribution in [2.45, 2.75) is 58.9 Å². The minimum atomic E-state index is -0.0644. The van der Waals surface area contributed by atoms with Crippen LogP contribution in [-0.4, -0.2) is 38.8 Å². The molecule has 0 aliphatic carbocycles. The maximum absolute atomic E-state index is 5.92. The first-order valence-corrected chi connectivity index (χ1v) is 10.1. The second-order valence-corrected chi connectivity index (χ2v) is 7.76. The molecule has 7 heteroatoms. The maximum Gasteiger partial charge on any atom is 0.157 e. The lowest BCUT2D eigenvalue weighted by atomic mass is 10.1. The molecule has 1 fully saturated rings. The van der Waals surface area contributed by atoms with Crippen molar-refractivity contribution in [1.82, 2.24) is 19.3 Å². The normalized spacial score (nSPS) is 17.6. The fraction of sp³-hybridized carbons (Fsp3) is 0.524. The summed E-state index contributed by atoms with van der Waals surface area (Å²) in [5, 5.41) is 5.90. The fourth-order valence-corrected chi connectivity index (χ4v) is 3.80. The Morgan fingerprint density at radius 1 is 1.32 bits per heavy atom. The fourth-order valence-electron chi connectivity index (χ4n) is 3.80. The predicted molar refractivity (Wildman–Crippen MR) is 110 cm³/mol. The number of hydrogen-bond acceptors (Lipinski definition) is 5. The van der Waals surface area contributed by atoms with Gasteiger partial charge in [-0.1, -0.05) is 0 Å². The first-order valence-electron chi connectivity index (χ1n) is 10.1. The number of ether oxygens (including phenoxy) is 2. The van der Waals surface area contributed by atoms with E-state index in [1.54, 1.807) is 0 Å². The first-order chi connectivity index (χ1) is 13.5. The number of hydrogen-bond donors (Lipinski definition) is 1. The van der Waals surface area contributed by atoms with Crippen molar-refractivity contribution in [2.24, 2.45) is 0 Å². The third-order valence-corrected chi connectivity index (χ3v) is 5.26. The van der Waals surface area contributed by atoms with Crippen LogP contribution in [0.3, 0.4) is 0 Å². The molecule has 28 heavy (non-hydrogen) atoms. The van der Waals surface area contributed by atoms with E-state index < -0.39 is 0 Å². The molecule has 0 spiro atoms. The predicted octanol–water partition coefficient (Wildman–Crippen LogP) is 3.91. The van der Waals surface area contributed by atoms with Crippen molar-refractivity contribution in [3.05, 3.63) is 30.2 Å². The van der Waals surface area contributed by atoms with Crippen molar-refractivity contribution in [3.63, 3.8) is 0 Å². The number of aryl methyl sites for hydroxylation is 1. The van der Waals surface area contributed by atoms with Gasteiger partial charge in [-0.05, 0) is 45.6 Å². The van der Waals surface area contributed by atoms with Crippen LogP contribution in [0.2, 0.25) is 0 Å². The molecule has 3 aromatic heterocycles. The second-order valence-electron chi connectivity index (χ2n) is 7.76. The minimum absolute atomic E-state index is 0.0644. The Morgan fingerprint density at radius 2 is 2.18 bits per heavy atom. The van der Waals surface area contributed by atoms with Gasteiger partial charge in [-0.2, -0.15) is 5.10 Å². The molecule has 1 atom stereocenters. The van der Waals surface area contributed by atoms with Crippen LogP contribution < -0.4 is 5.73 Å². The van der Waals surface area contributed by atoms with Gasteiger partial charge in [0.2, 0.25) is 0 Å². The number of nitrogens with zero attached hydrogens (tertiary/aromatic N) is 4. The van der Waals surface area contributed by atoms with E-state index in [4.69, 9.17) is 20.3 Å². The number of nitrogen functional groups attached to an aromatic ring is 1. The van der Waals surface area contributed by atoms with Crippen LogP contribution in [0.1, 0.15) is 44.7 Å². The largest absolute Gasteiger partial charge is 0.384 e. The molecule has 0 bridgehead atoms. The van der Waals surface area contributed by atoms with E-state index in [2.05, 4.69) is 42.7 Å². The molecule has 1 aliphatic rings. The van der Waals surface area contributed by atoms with Crippen LogP contribution in [0.4, 0.5) is 5.82 Å². The molecule has 0 aromatic carbocycles. The van der Waals surface area contributed by atoms with Crippen LogP contribution >= 0.6 is 0 Å². The van der Waals surface area contributed by atoms with E-state index in [0.29, 0.717) is 25.0 Å². The van der Waals surface area contributed by atoms with Gasteiger partial charge in [-0.25, -0.2) is 4.98 Å². The monoisotopic (exact) mass is 383 g/mol. The molecule has 4 rings (SSSR count). The lowest BCUT2D eigenvalue weighted by Crippen LogP contribution is -2.24. The standard InChI is InChI=1S/C21H29N5O2/c1-14(2)26-13-17(16-11-23-19(22)10-18(16)26)21-15(3)12-25(24-21)7-9-28-20-6-4-5-8-27-20/h10-14,20H,4-9H2,1-3H3,(H2,22,23). The summed E-state index contributed by atoms with van der Waals surface area (Å²) < 4.78 is 15.7. The van der Waals surface area contributed by atoms with Crippen molar-refractivity contribution in [1.29, 1.82) is 0 Å². The summed E-state index contributed by atoms with van der Waals surface area (Å²) in [5.74, 6) is 0.531. The lowest BCUT2D eigenvalue weighted by molar-refractivity contribution is -0.163. The van der Waals surface area contributed by atoms with Crippen molar-refractivity contribution < 1.29 is 9.47 Å². The quantitative estimate of drug-likeness (QED) is 0.698. The van der Waals surface area contributed by atoms with E-state index in [9.17, 15) is 0 Å². The molecule has 0 radical (unpaired) electrons. The summed E-state index contributed by atoms with van der Waals surface area (Å²) in [6.45, 7) is 8.51. The van der Waals surface area contributed by atoms with E-state index in [0.717, 1.165) is 47.2 Å². The number of nitrogens with two attached hydrogens (primary N) is 1. The highest BCUT2D eigenvalue weighted by molar-refractivity contribution is 5.96. The molecule has 1 aliphatic heterocycles. The van der Waals surface area contributed by atoms with E-state index >= 15 is 0 Å². The average molecular weight is 383 g/mol. The Labute approximate surface area is 165 Å². The summed E-state index contributed by atoms with van der Waals surface area (Å²) in [4.78, 5) is 4.30. The summed E-state index contributed by atoms with van der Waals surface area (Å²) in [6.07, 6.45) is 9.30. The SMILES string of the molecule is Cc1cn(CCOC2CCCCO2)nc1-c1cn(C(C)C)c2cc(N)ncc12. The molecule has 3 aromatic rings. The molecular formula is C21H29N5O2. The molecule has 4 heterocycles. The van der Waals surface area contributed by atoms with Gasteiger partial charge in [0.15, 0.2) is 6.29 Å². The van der Waals surface area contributed by atoms with Crippen LogP contribution in [0.15, 0.2) is 24.7 Å². The second kappa shape index (κ2) is 7.93. The molecule has 0 saturated carbocycles. The van der Waals surface area contributed by atoms with E-state index in [1.165, 1.54) is 6.42 Å². The number of aromatic nitrogens is 4. The third-order valence-electron chi connectivity index (χ3n) is 5.26. The molecule has 7 nitrogen and oxygen atoms in total. The third kappa shape index (κ3) is 3.77. The van der Waals surface area contributed by atoms with Gasteiger partial charge >= 0.3 is 0 Å². The summed E-state index contributed by atoms with van der Waals surface area (Å²) in [6, 6.07) is 2.26. The van der Waals surface area contributed by atoms with Gasteiger partial charge in [0.1, 0.15) is 5.82 Å². The lowest BCUT2D eigenvalue weighted by Gasteiger charge is -2.22. The topological polar surface area (TPSA) is 80.1 Å². The first kappa shape index (κ1) is 19.0. The van der Waals surface area contributed by atoms with Gasteiger partial charge in [-0.15, -0.1) is 0 Å². The van der Waals surface area contributed by atoms with Gasteiger partial charge in [0, 0.05) is 48.3 Å². The van der Waals surface area contributed by atoms with Gasteiger partial charge in [0.05, 0.1) is 24.4 Å². The molecule has 1 saturated heterocycles. The smallest absolute Gasteiger partial charge is 0.157 e. The van der Waals surface area contributed by atoms with Crippen LogP contribution in [-0.2, 0) is 16.0 Å². The molecule has 0 amide bonds. The Hall–Kier alpha value is -2.38. The molecular weight excluding hydrogens is 354 g/mol. The Balaban J connectivity index is 1.56. The number of anilines is 1. The summed E-state index contributed by atoms with van der Waals surface area (Å²) in [5.41, 5.74) is 10.2. The molecule has 1 unspecified atom stereocenters. The van der Waals surface area contributed by atoms with E-state index in [1.807, 2.05) is 16.9 Å². The molecule has 2 N–H and O–H groups in total. The summed E-state index contributed by atoms with van der Waals surface area (Å²) >= 11 is 0. The van der Waals surface area contributed by atoms with Gasteiger partial charge in [0.25, 0.3) is 0 Å². The Bertz CT molecular complexity index is 953. The van der Waals surface area contributed by atoms with Crippen LogP contribution in [0.5, 0.6) is 0 Å². The number of pyridine rings is 1.